The fourth-order valence-corrected chi connectivity index (χ4v) is 2.14. The average Bonchev–Trinajstić information content (AvgIpc) is 2.38. The molecule has 19 heavy (non-hydrogen) atoms. The normalized spacial score (nSPS) is 10.8. The largest absolute Gasteiger partial charge is 0.298 e. The molecule has 1 aromatic carbocycles. The van der Waals surface area contributed by atoms with E-state index in [-0.39, 0.29) is 11.7 Å². The van der Waals surface area contributed by atoms with Gasteiger partial charge in [-0.2, -0.15) is 0 Å². The van der Waals surface area contributed by atoms with Crippen LogP contribution in [0.2, 0.25) is 0 Å². The van der Waals surface area contributed by atoms with Crippen LogP contribution in [-0.2, 0) is 0 Å². The molecule has 0 atom stereocenters. The number of halogens is 1. The van der Waals surface area contributed by atoms with Crippen molar-refractivity contribution in [1.29, 1.82) is 0 Å². The van der Waals surface area contributed by atoms with Gasteiger partial charge >= 0.3 is 0 Å². The second-order valence-electron chi connectivity index (χ2n) is 4.89. The van der Waals surface area contributed by atoms with Crippen molar-refractivity contribution in [3.63, 3.8) is 0 Å². The lowest BCUT2D eigenvalue weighted by atomic mass is 9.94. The van der Waals surface area contributed by atoms with Gasteiger partial charge in [0, 0.05) is 16.8 Å². The second kappa shape index (κ2) is 5.31. The van der Waals surface area contributed by atoms with Crippen LogP contribution in [0.5, 0.6) is 0 Å². The smallest absolute Gasteiger partial charge is 0.152 e. The average molecular weight is 257 g/mol. The predicted octanol–water partition coefficient (Wildman–Crippen LogP) is 4.13. The molecule has 0 unspecified atom stereocenters. The molecular formula is C16H16FNO. The highest BCUT2D eigenvalue weighted by Gasteiger charge is 2.14. The van der Waals surface area contributed by atoms with Crippen molar-refractivity contribution < 1.29 is 9.18 Å². The quantitative estimate of drug-likeness (QED) is 0.774. The first-order valence-electron chi connectivity index (χ1n) is 6.25. The number of carbonyl (C=O) groups excluding carboxylic acids is 1. The minimum Gasteiger partial charge on any atom is -0.298 e. The molecule has 1 heterocycles. The number of aryl methyl sites for hydroxylation is 1. The molecule has 98 valence electrons. The first-order chi connectivity index (χ1) is 9.02. The molecule has 0 amide bonds. The Balaban J connectivity index is 2.68. The van der Waals surface area contributed by atoms with E-state index in [9.17, 15) is 9.18 Å². The molecule has 0 aliphatic heterocycles. The van der Waals surface area contributed by atoms with Crippen LogP contribution in [0.15, 0.2) is 30.3 Å². The van der Waals surface area contributed by atoms with Crippen LogP contribution in [0, 0.1) is 12.7 Å². The van der Waals surface area contributed by atoms with E-state index < -0.39 is 0 Å². The number of pyridine rings is 1. The lowest BCUT2D eigenvalue weighted by Crippen LogP contribution is -2.02. The molecule has 0 saturated carbocycles. The van der Waals surface area contributed by atoms with E-state index in [1.165, 1.54) is 12.1 Å². The van der Waals surface area contributed by atoms with Gasteiger partial charge in [-0.25, -0.2) is 4.39 Å². The molecule has 0 N–H and O–H groups in total. The van der Waals surface area contributed by atoms with Crippen molar-refractivity contribution in [2.75, 3.05) is 0 Å². The molecule has 0 spiro atoms. The van der Waals surface area contributed by atoms with E-state index in [1.807, 2.05) is 26.8 Å². The third-order valence-corrected chi connectivity index (χ3v) is 3.08. The molecule has 0 fully saturated rings. The van der Waals surface area contributed by atoms with Gasteiger partial charge in [0.1, 0.15) is 5.82 Å². The zero-order valence-corrected chi connectivity index (χ0v) is 11.3. The van der Waals surface area contributed by atoms with Gasteiger partial charge in [0.25, 0.3) is 0 Å². The minimum atomic E-state index is -0.298. The highest BCUT2D eigenvalue weighted by Crippen LogP contribution is 2.28. The summed E-state index contributed by atoms with van der Waals surface area (Å²) in [6.07, 6.45) is 0.834. The van der Waals surface area contributed by atoms with Gasteiger partial charge in [0.05, 0.1) is 5.69 Å². The maximum absolute atomic E-state index is 13.0. The number of hydrogen-bond acceptors (Lipinski definition) is 2. The second-order valence-corrected chi connectivity index (χ2v) is 4.89. The van der Waals surface area contributed by atoms with Crippen LogP contribution in [0.4, 0.5) is 4.39 Å². The predicted molar refractivity (Wildman–Crippen MR) is 73.8 cm³/mol. The van der Waals surface area contributed by atoms with Crippen molar-refractivity contribution in [2.24, 2.45) is 0 Å². The minimum absolute atomic E-state index is 0.237. The molecular weight excluding hydrogens is 241 g/mol. The van der Waals surface area contributed by atoms with Gasteiger partial charge in [-0.3, -0.25) is 9.78 Å². The molecule has 0 aliphatic rings. The van der Waals surface area contributed by atoms with Gasteiger partial charge in [-0.15, -0.1) is 0 Å². The molecule has 0 bridgehead atoms. The Morgan fingerprint density at radius 3 is 2.37 bits per heavy atom. The summed E-state index contributed by atoms with van der Waals surface area (Å²) >= 11 is 0. The Bertz CT molecular complexity index is 603. The van der Waals surface area contributed by atoms with Crippen molar-refractivity contribution >= 4 is 6.29 Å². The van der Waals surface area contributed by atoms with Gasteiger partial charge in [0.2, 0.25) is 0 Å². The van der Waals surface area contributed by atoms with Gasteiger partial charge in [-0.1, -0.05) is 13.8 Å². The zero-order chi connectivity index (χ0) is 14.0. The Labute approximate surface area is 112 Å². The number of nitrogens with zero attached hydrogens (tertiary/aromatic N) is 1. The summed E-state index contributed by atoms with van der Waals surface area (Å²) < 4.78 is 13.0. The SMILES string of the molecule is Cc1cc(C(C)C)c(C=O)c(-c2ccc(F)cc2)n1. The van der Waals surface area contributed by atoms with Crippen LogP contribution in [0.3, 0.4) is 0 Å². The number of hydrogen-bond donors (Lipinski definition) is 0. The van der Waals surface area contributed by atoms with Crippen molar-refractivity contribution in [2.45, 2.75) is 26.7 Å². The molecule has 0 saturated heterocycles. The number of rotatable bonds is 3. The maximum atomic E-state index is 13.0. The monoisotopic (exact) mass is 257 g/mol. The van der Waals surface area contributed by atoms with E-state index in [0.29, 0.717) is 11.3 Å². The summed E-state index contributed by atoms with van der Waals surface area (Å²) in [5, 5.41) is 0. The Morgan fingerprint density at radius 2 is 1.84 bits per heavy atom. The number of carbonyl (C=O) groups is 1. The van der Waals surface area contributed by atoms with Crippen LogP contribution in [0.25, 0.3) is 11.3 Å². The number of aromatic nitrogens is 1. The van der Waals surface area contributed by atoms with Gasteiger partial charge in [0.15, 0.2) is 6.29 Å². The lowest BCUT2D eigenvalue weighted by Gasteiger charge is -2.14. The Kier molecular flexibility index (Phi) is 3.74. The van der Waals surface area contributed by atoms with Crippen LogP contribution < -0.4 is 0 Å². The third-order valence-electron chi connectivity index (χ3n) is 3.08. The van der Waals surface area contributed by atoms with Gasteiger partial charge < -0.3 is 0 Å². The maximum Gasteiger partial charge on any atom is 0.152 e. The molecule has 2 rings (SSSR count). The van der Waals surface area contributed by atoms with E-state index in [4.69, 9.17) is 0 Å². The van der Waals surface area contributed by atoms with Crippen molar-refractivity contribution in [1.82, 2.24) is 4.98 Å². The summed E-state index contributed by atoms with van der Waals surface area (Å²) in [4.78, 5) is 15.8. The van der Waals surface area contributed by atoms with Crippen molar-refractivity contribution in [3.05, 3.63) is 53.0 Å². The molecule has 2 nitrogen and oxygen atoms in total. The summed E-state index contributed by atoms with van der Waals surface area (Å²) in [5.74, 6) is -0.0609. The zero-order valence-electron chi connectivity index (χ0n) is 11.3. The number of benzene rings is 1. The molecule has 3 heteroatoms. The first-order valence-corrected chi connectivity index (χ1v) is 6.25. The Hall–Kier alpha value is -2.03. The first kappa shape index (κ1) is 13.4. The molecule has 0 aliphatic carbocycles. The standard InChI is InChI=1S/C16H16FNO/c1-10(2)14-8-11(3)18-16(15(14)9-19)12-4-6-13(17)7-5-12/h4-10H,1-3H3. The molecule has 1 aromatic heterocycles. The van der Waals surface area contributed by atoms with Crippen molar-refractivity contribution in [3.8, 4) is 11.3 Å². The van der Waals surface area contributed by atoms with E-state index >= 15 is 0 Å². The molecule has 2 aromatic rings. The summed E-state index contributed by atoms with van der Waals surface area (Å²) in [6.45, 7) is 5.97. The summed E-state index contributed by atoms with van der Waals surface area (Å²) in [6, 6.07) is 7.98. The van der Waals surface area contributed by atoms with Gasteiger partial charge in [-0.05, 0) is 48.7 Å². The van der Waals surface area contributed by atoms with Crippen LogP contribution >= 0.6 is 0 Å². The van der Waals surface area contributed by atoms with E-state index in [2.05, 4.69) is 4.98 Å². The highest BCUT2D eigenvalue weighted by molar-refractivity contribution is 5.88. The topological polar surface area (TPSA) is 30.0 Å². The fourth-order valence-electron chi connectivity index (χ4n) is 2.14. The third kappa shape index (κ3) is 2.70. The lowest BCUT2D eigenvalue weighted by molar-refractivity contribution is 0.112. The summed E-state index contributed by atoms with van der Waals surface area (Å²) in [5.41, 5.74) is 3.80. The van der Waals surface area contributed by atoms with E-state index in [1.54, 1.807) is 12.1 Å². The molecule has 0 radical (unpaired) electrons. The van der Waals surface area contributed by atoms with E-state index in [0.717, 1.165) is 23.1 Å². The fraction of sp³-hybridized carbons (Fsp3) is 0.250. The van der Waals surface area contributed by atoms with Crippen LogP contribution in [0.1, 0.15) is 41.4 Å². The summed E-state index contributed by atoms with van der Waals surface area (Å²) in [7, 11) is 0. The van der Waals surface area contributed by atoms with Crippen LogP contribution in [-0.4, -0.2) is 11.3 Å². The highest BCUT2D eigenvalue weighted by atomic mass is 19.1. The number of aldehydes is 1. The Morgan fingerprint density at radius 1 is 1.21 bits per heavy atom.